The summed E-state index contributed by atoms with van der Waals surface area (Å²) < 4.78 is 11.8. The van der Waals surface area contributed by atoms with Gasteiger partial charge in [-0.3, -0.25) is 4.40 Å². The number of hydrogen-bond donors (Lipinski definition) is 0. The van der Waals surface area contributed by atoms with Crippen LogP contribution in [-0.2, 0) is 11.2 Å². The van der Waals surface area contributed by atoms with Crippen molar-refractivity contribution in [1.82, 2.24) is 9.38 Å². The van der Waals surface area contributed by atoms with E-state index in [-0.39, 0.29) is 5.97 Å². The van der Waals surface area contributed by atoms with Crippen molar-refractivity contribution < 1.29 is 14.3 Å². The molecule has 0 unspecified atom stereocenters. The number of methoxy groups -OCH3 is 2. The van der Waals surface area contributed by atoms with E-state index >= 15 is 0 Å². The van der Waals surface area contributed by atoms with Crippen molar-refractivity contribution in [1.29, 1.82) is 0 Å². The van der Waals surface area contributed by atoms with Crippen molar-refractivity contribution in [3.05, 3.63) is 65.7 Å². The van der Waals surface area contributed by atoms with Gasteiger partial charge in [-0.2, -0.15) is 0 Å². The molecule has 0 aliphatic carbocycles. The van der Waals surface area contributed by atoms with E-state index in [1.54, 1.807) is 19.4 Å². The third-order valence-corrected chi connectivity index (χ3v) is 3.54. The van der Waals surface area contributed by atoms with Crippen LogP contribution in [0.4, 0.5) is 0 Å². The van der Waals surface area contributed by atoms with Gasteiger partial charge in [0.15, 0.2) is 0 Å². The lowest BCUT2D eigenvalue weighted by atomic mass is 10.1. The SMILES string of the molecule is COC(=O)c1cccc2cnc(Cc3ccc(OC)cc3)n12. The van der Waals surface area contributed by atoms with Gasteiger partial charge in [0.05, 0.1) is 25.9 Å². The molecule has 0 fully saturated rings. The van der Waals surface area contributed by atoms with Crippen molar-refractivity contribution >= 4 is 11.5 Å². The van der Waals surface area contributed by atoms with Crippen LogP contribution < -0.4 is 4.74 Å². The first-order chi connectivity index (χ1) is 10.7. The van der Waals surface area contributed by atoms with Crippen LogP contribution in [0, 0.1) is 0 Å². The summed E-state index contributed by atoms with van der Waals surface area (Å²) in [5, 5.41) is 0. The highest BCUT2D eigenvalue weighted by molar-refractivity contribution is 5.88. The van der Waals surface area contributed by atoms with Crippen molar-refractivity contribution in [2.75, 3.05) is 14.2 Å². The van der Waals surface area contributed by atoms with E-state index in [1.165, 1.54) is 7.11 Å². The molecule has 2 heterocycles. The third-order valence-electron chi connectivity index (χ3n) is 3.54. The third kappa shape index (κ3) is 2.53. The number of carbonyl (C=O) groups excluding carboxylic acids is 1. The van der Waals surface area contributed by atoms with Crippen molar-refractivity contribution in [2.24, 2.45) is 0 Å². The van der Waals surface area contributed by atoms with Gasteiger partial charge in [0.1, 0.15) is 17.3 Å². The molecule has 0 bridgehead atoms. The first-order valence-electron chi connectivity index (χ1n) is 6.89. The number of rotatable bonds is 4. The van der Waals surface area contributed by atoms with Gasteiger partial charge >= 0.3 is 5.97 Å². The number of aromatic nitrogens is 2. The molecule has 0 aliphatic rings. The normalized spacial score (nSPS) is 10.6. The number of pyridine rings is 1. The zero-order chi connectivity index (χ0) is 15.5. The van der Waals surface area contributed by atoms with Gasteiger partial charge in [-0.1, -0.05) is 18.2 Å². The Balaban J connectivity index is 2.01. The number of benzene rings is 1. The van der Waals surface area contributed by atoms with E-state index in [2.05, 4.69) is 4.98 Å². The predicted molar refractivity (Wildman–Crippen MR) is 82.3 cm³/mol. The predicted octanol–water partition coefficient (Wildman–Crippen LogP) is 2.72. The summed E-state index contributed by atoms with van der Waals surface area (Å²) >= 11 is 0. The molecular weight excluding hydrogens is 280 g/mol. The molecule has 3 rings (SSSR count). The van der Waals surface area contributed by atoms with E-state index in [9.17, 15) is 4.79 Å². The van der Waals surface area contributed by atoms with Gasteiger partial charge in [0, 0.05) is 6.42 Å². The van der Waals surface area contributed by atoms with Crippen LogP contribution in [0.5, 0.6) is 5.75 Å². The van der Waals surface area contributed by atoms with E-state index in [4.69, 9.17) is 9.47 Å². The largest absolute Gasteiger partial charge is 0.497 e. The Hall–Kier alpha value is -2.82. The molecule has 3 aromatic rings. The number of carbonyl (C=O) groups is 1. The lowest BCUT2D eigenvalue weighted by Gasteiger charge is -2.08. The standard InChI is InChI=1S/C17H16N2O3/c1-21-14-8-6-12(7-9-14)10-16-18-11-13-4-3-5-15(19(13)16)17(20)22-2/h3-9,11H,10H2,1-2H3. The van der Waals surface area contributed by atoms with Gasteiger partial charge in [-0.15, -0.1) is 0 Å². The number of imidazole rings is 1. The fraction of sp³-hybridized carbons (Fsp3) is 0.176. The molecule has 2 aromatic heterocycles. The van der Waals surface area contributed by atoms with Crippen LogP contribution in [0.15, 0.2) is 48.7 Å². The maximum absolute atomic E-state index is 11.9. The summed E-state index contributed by atoms with van der Waals surface area (Å²) in [6.07, 6.45) is 2.37. The molecule has 5 heteroatoms. The summed E-state index contributed by atoms with van der Waals surface area (Å²) in [4.78, 5) is 16.4. The minimum atomic E-state index is -0.375. The topological polar surface area (TPSA) is 52.8 Å². The molecule has 0 N–H and O–H groups in total. The second kappa shape index (κ2) is 5.89. The number of ether oxygens (including phenoxy) is 2. The molecule has 1 aromatic carbocycles. The summed E-state index contributed by atoms with van der Waals surface area (Å²) in [5.74, 6) is 1.23. The van der Waals surface area contributed by atoms with Crippen LogP contribution in [0.1, 0.15) is 21.9 Å². The highest BCUT2D eigenvalue weighted by Gasteiger charge is 2.14. The van der Waals surface area contributed by atoms with Crippen LogP contribution in [0.25, 0.3) is 5.52 Å². The maximum Gasteiger partial charge on any atom is 0.355 e. The highest BCUT2D eigenvalue weighted by Crippen LogP contribution is 2.17. The molecule has 0 aliphatic heterocycles. The Morgan fingerprint density at radius 3 is 2.59 bits per heavy atom. The molecule has 0 atom stereocenters. The Labute approximate surface area is 128 Å². The van der Waals surface area contributed by atoms with Gasteiger partial charge < -0.3 is 9.47 Å². The summed E-state index contributed by atoms with van der Waals surface area (Å²) in [7, 11) is 3.01. The molecule has 0 amide bonds. The van der Waals surface area contributed by atoms with E-state index in [0.29, 0.717) is 12.1 Å². The summed E-state index contributed by atoms with van der Waals surface area (Å²) in [6, 6.07) is 13.3. The minimum absolute atomic E-state index is 0.375. The number of fused-ring (bicyclic) bond motifs is 1. The van der Waals surface area contributed by atoms with Crippen LogP contribution in [-0.4, -0.2) is 29.6 Å². The fourth-order valence-corrected chi connectivity index (χ4v) is 2.43. The van der Waals surface area contributed by atoms with E-state index in [1.807, 2.05) is 40.8 Å². The van der Waals surface area contributed by atoms with Crippen LogP contribution in [0.2, 0.25) is 0 Å². The Morgan fingerprint density at radius 2 is 1.91 bits per heavy atom. The van der Waals surface area contributed by atoms with Crippen molar-refractivity contribution in [3.8, 4) is 5.75 Å². The van der Waals surface area contributed by atoms with Gasteiger partial charge in [0.25, 0.3) is 0 Å². The molecular formula is C17H16N2O3. The molecule has 22 heavy (non-hydrogen) atoms. The molecule has 0 saturated heterocycles. The van der Waals surface area contributed by atoms with E-state index in [0.717, 1.165) is 22.7 Å². The molecule has 112 valence electrons. The minimum Gasteiger partial charge on any atom is -0.497 e. The van der Waals surface area contributed by atoms with Gasteiger partial charge in [-0.25, -0.2) is 9.78 Å². The van der Waals surface area contributed by atoms with Crippen molar-refractivity contribution in [2.45, 2.75) is 6.42 Å². The first-order valence-corrected chi connectivity index (χ1v) is 6.89. The summed E-state index contributed by atoms with van der Waals surface area (Å²) in [5.41, 5.74) is 2.43. The Bertz CT molecular complexity index is 806. The Kier molecular flexibility index (Phi) is 3.78. The number of nitrogens with zero attached hydrogens (tertiary/aromatic N) is 2. The fourth-order valence-electron chi connectivity index (χ4n) is 2.43. The smallest absolute Gasteiger partial charge is 0.355 e. The van der Waals surface area contributed by atoms with Gasteiger partial charge in [0.2, 0.25) is 0 Å². The molecule has 0 spiro atoms. The number of esters is 1. The van der Waals surface area contributed by atoms with Crippen LogP contribution in [0.3, 0.4) is 0 Å². The number of hydrogen-bond acceptors (Lipinski definition) is 4. The second-order valence-electron chi connectivity index (χ2n) is 4.86. The average molecular weight is 296 g/mol. The highest BCUT2D eigenvalue weighted by atomic mass is 16.5. The van der Waals surface area contributed by atoms with Crippen LogP contribution >= 0.6 is 0 Å². The Morgan fingerprint density at radius 1 is 1.14 bits per heavy atom. The zero-order valence-electron chi connectivity index (χ0n) is 12.4. The molecule has 0 radical (unpaired) electrons. The monoisotopic (exact) mass is 296 g/mol. The lowest BCUT2D eigenvalue weighted by Crippen LogP contribution is -2.10. The first kappa shape index (κ1) is 14.1. The molecule has 0 saturated carbocycles. The summed E-state index contributed by atoms with van der Waals surface area (Å²) in [6.45, 7) is 0. The molecule has 5 nitrogen and oxygen atoms in total. The average Bonchev–Trinajstić information content (AvgIpc) is 2.98. The lowest BCUT2D eigenvalue weighted by molar-refractivity contribution is 0.0592. The zero-order valence-corrected chi connectivity index (χ0v) is 12.4. The van der Waals surface area contributed by atoms with E-state index < -0.39 is 0 Å². The van der Waals surface area contributed by atoms with Gasteiger partial charge in [-0.05, 0) is 29.8 Å². The maximum atomic E-state index is 11.9. The van der Waals surface area contributed by atoms with Crippen molar-refractivity contribution in [3.63, 3.8) is 0 Å². The quantitative estimate of drug-likeness (QED) is 0.695. The second-order valence-corrected chi connectivity index (χ2v) is 4.86.